The molecule has 1 aliphatic carbocycles. The van der Waals surface area contributed by atoms with E-state index in [1.54, 1.807) is 7.11 Å². The Morgan fingerprint density at radius 3 is 3.00 bits per heavy atom. The van der Waals surface area contributed by atoms with E-state index in [1.165, 1.54) is 0 Å². The van der Waals surface area contributed by atoms with Crippen LogP contribution >= 0.6 is 0 Å². The molecule has 21 heavy (non-hydrogen) atoms. The minimum Gasteiger partial charge on any atom is -0.496 e. The fourth-order valence-electron chi connectivity index (χ4n) is 3.46. The molecule has 0 radical (unpaired) electrons. The van der Waals surface area contributed by atoms with E-state index >= 15 is 0 Å². The first-order chi connectivity index (χ1) is 10.2. The lowest BCUT2D eigenvalue weighted by Gasteiger charge is -2.32. The molecule has 0 atom stereocenters. The normalized spacial score (nSPS) is 26.7. The van der Waals surface area contributed by atoms with Crippen molar-refractivity contribution >= 4 is 0 Å². The van der Waals surface area contributed by atoms with Crippen molar-refractivity contribution in [2.75, 3.05) is 13.7 Å². The lowest BCUT2D eigenvalue weighted by atomic mass is 9.70. The zero-order valence-electron chi connectivity index (χ0n) is 12.3. The average molecular weight is 285 g/mol. The Bertz CT molecular complexity index is 668. The van der Waals surface area contributed by atoms with Crippen LogP contribution in [0.15, 0.2) is 22.7 Å². The van der Waals surface area contributed by atoms with Gasteiger partial charge < -0.3 is 14.6 Å². The summed E-state index contributed by atoms with van der Waals surface area (Å²) in [5, 5.41) is 7.62. The monoisotopic (exact) mass is 285 g/mol. The molecule has 110 valence electrons. The number of hydrogen-bond donors (Lipinski definition) is 1. The average Bonchev–Trinajstić information content (AvgIpc) is 3.14. The first kappa shape index (κ1) is 12.8. The van der Waals surface area contributed by atoms with Crippen LogP contribution in [0.4, 0.5) is 0 Å². The van der Waals surface area contributed by atoms with Gasteiger partial charge in [0.05, 0.1) is 12.5 Å². The van der Waals surface area contributed by atoms with Crippen LogP contribution in [-0.4, -0.2) is 29.8 Å². The highest BCUT2D eigenvalue weighted by molar-refractivity contribution is 5.37. The van der Waals surface area contributed by atoms with E-state index in [0.29, 0.717) is 12.5 Å². The third kappa shape index (κ3) is 2.03. The predicted molar refractivity (Wildman–Crippen MR) is 77.5 cm³/mol. The van der Waals surface area contributed by atoms with Crippen LogP contribution in [-0.2, 0) is 11.8 Å². The molecule has 2 saturated heterocycles. The molecule has 0 unspecified atom stereocenters. The second-order valence-corrected chi connectivity index (χ2v) is 6.26. The fourth-order valence-corrected chi connectivity index (χ4v) is 3.46. The number of rotatable bonds is 4. The van der Waals surface area contributed by atoms with E-state index < -0.39 is 0 Å². The quantitative estimate of drug-likeness (QED) is 0.930. The maximum absolute atomic E-state index is 5.51. The second kappa shape index (κ2) is 4.56. The summed E-state index contributed by atoms with van der Waals surface area (Å²) in [4.78, 5) is 4.62. The summed E-state index contributed by atoms with van der Waals surface area (Å²) in [5.74, 6) is 2.45. The molecule has 5 heteroatoms. The van der Waals surface area contributed by atoms with Gasteiger partial charge in [-0.3, -0.25) is 0 Å². The number of benzene rings is 1. The predicted octanol–water partition coefficient (Wildman–Crippen LogP) is 1.98. The Labute approximate surface area is 123 Å². The summed E-state index contributed by atoms with van der Waals surface area (Å²) in [6.45, 7) is 3.01. The molecule has 2 aromatic rings. The molecule has 0 amide bonds. The molecular formula is C16H19N3O2. The topological polar surface area (TPSA) is 60.2 Å². The van der Waals surface area contributed by atoms with Crippen LogP contribution in [0.3, 0.4) is 0 Å². The van der Waals surface area contributed by atoms with Gasteiger partial charge in [0.1, 0.15) is 5.75 Å². The molecule has 3 aliphatic rings. The van der Waals surface area contributed by atoms with E-state index in [0.717, 1.165) is 48.0 Å². The summed E-state index contributed by atoms with van der Waals surface area (Å²) >= 11 is 0. The van der Waals surface area contributed by atoms with Crippen molar-refractivity contribution in [3.8, 4) is 5.75 Å². The number of hydrogen-bond acceptors (Lipinski definition) is 5. The number of methoxy groups -OCH3 is 1. The molecular weight excluding hydrogens is 266 g/mol. The van der Waals surface area contributed by atoms with Crippen molar-refractivity contribution < 1.29 is 9.26 Å². The first-order valence-corrected chi connectivity index (χ1v) is 7.38. The van der Waals surface area contributed by atoms with Gasteiger partial charge >= 0.3 is 0 Å². The highest BCUT2D eigenvalue weighted by Crippen LogP contribution is 2.47. The number of aromatic nitrogens is 2. The van der Waals surface area contributed by atoms with E-state index in [1.807, 2.05) is 13.0 Å². The van der Waals surface area contributed by atoms with Gasteiger partial charge in [-0.05, 0) is 37.0 Å². The Morgan fingerprint density at radius 2 is 2.29 bits per heavy atom. The molecule has 5 rings (SSSR count). The lowest BCUT2D eigenvalue weighted by molar-refractivity contribution is 0.219. The zero-order valence-corrected chi connectivity index (χ0v) is 12.3. The van der Waals surface area contributed by atoms with Crippen molar-refractivity contribution in [3.05, 3.63) is 41.0 Å². The number of ether oxygens (including phenoxy) is 1. The van der Waals surface area contributed by atoms with Crippen LogP contribution in [0.2, 0.25) is 0 Å². The summed E-state index contributed by atoms with van der Waals surface area (Å²) in [5.41, 5.74) is 2.38. The van der Waals surface area contributed by atoms with Gasteiger partial charge in [0.2, 0.25) is 5.89 Å². The van der Waals surface area contributed by atoms with Crippen LogP contribution in [0, 0.1) is 6.92 Å². The smallest absolute Gasteiger partial charge is 0.234 e. The summed E-state index contributed by atoms with van der Waals surface area (Å²) in [6.07, 6.45) is 2.94. The molecule has 1 N–H and O–H groups in total. The van der Waals surface area contributed by atoms with Crippen molar-refractivity contribution in [2.45, 2.75) is 37.6 Å². The Morgan fingerprint density at radius 1 is 1.43 bits per heavy atom. The molecule has 2 bridgehead atoms. The molecule has 3 heterocycles. The van der Waals surface area contributed by atoms with Crippen molar-refractivity contribution in [2.24, 2.45) is 0 Å². The molecule has 5 nitrogen and oxygen atoms in total. The highest BCUT2D eigenvalue weighted by atomic mass is 16.5. The van der Waals surface area contributed by atoms with Crippen LogP contribution in [0.5, 0.6) is 5.75 Å². The minimum absolute atomic E-state index is 0.112. The van der Waals surface area contributed by atoms with Crippen LogP contribution in [0.25, 0.3) is 0 Å². The number of nitrogens with one attached hydrogen (secondary N) is 1. The molecule has 3 fully saturated rings. The minimum atomic E-state index is 0.112. The van der Waals surface area contributed by atoms with E-state index in [9.17, 15) is 0 Å². The molecule has 0 spiro atoms. The summed E-state index contributed by atoms with van der Waals surface area (Å²) < 4.78 is 10.9. The third-order valence-electron chi connectivity index (χ3n) is 4.76. The van der Waals surface area contributed by atoms with Crippen LogP contribution in [0.1, 0.15) is 35.7 Å². The largest absolute Gasteiger partial charge is 0.496 e. The van der Waals surface area contributed by atoms with Gasteiger partial charge in [0, 0.05) is 19.0 Å². The zero-order chi connectivity index (χ0) is 14.4. The number of fused-ring (bicyclic) bond motifs is 1. The lowest BCUT2D eigenvalue weighted by Crippen LogP contribution is -2.37. The van der Waals surface area contributed by atoms with Gasteiger partial charge in [-0.15, -0.1) is 0 Å². The third-order valence-corrected chi connectivity index (χ3v) is 4.76. The number of aryl methyl sites for hydroxylation is 1. The van der Waals surface area contributed by atoms with E-state index in [-0.39, 0.29) is 5.41 Å². The standard InChI is InChI=1S/C16H19N3O2/c1-10-3-4-11(5-13(10)20-2)6-14-18-15(21-19-14)16-7-12(8-16)17-9-16/h3-5,12,17H,6-9H2,1-2H3. The summed E-state index contributed by atoms with van der Waals surface area (Å²) in [6, 6.07) is 6.84. The van der Waals surface area contributed by atoms with Crippen molar-refractivity contribution in [1.29, 1.82) is 0 Å². The Hall–Kier alpha value is -1.88. The Kier molecular flexibility index (Phi) is 2.79. The van der Waals surface area contributed by atoms with E-state index in [4.69, 9.17) is 9.26 Å². The molecule has 1 aromatic carbocycles. The van der Waals surface area contributed by atoms with Crippen molar-refractivity contribution in [3.63, 3.8) is 0 Å². The van der Waals surface area contributed by atoms with E-state index in [2.05, 4.69) is 27.6 Å². The van der Waals surface area contributed by atoms with Gasteiger partial charge in [0.15, 0.2) is 5.82 Å². The molecule has 2 aliphatic heterocycles. The molecule has 1 saturated carbocycles. The first-order valence-electron chi connectivity index (χ1n) is 7.38. The summed E-state index contributed by atoms with van der Waals surface area (Å²) in [7, 11) is 1.69. The highest BCUT2D eigenvalue weighted by Gasteiger charge is 2.55. The fraction of sp³-hybridized carbons (Fsp3) is 0.500. The SMILES string of the molecule is COc1cc(Cc2noc(C34CNC(C3)C4)n2)ccc1C. The second-order valence-electron chi connectivity index (χ2n) is 6.26. The van der Waals surface area contributed by atoms with Gasteiger partial charge in [-0.1, -0.05) is 17.3 Å². The molecule has 1 aromatic heterocycles. The number of nitrogens with zero attached hydrogens (tertiary/aromatic N) is 2. The van der Waals surface area contributed by atoms with Crippen LogP contribution < -0.4 is 10.1 Å². The maximum Gasteiger partial charge on any atom is 0.234 e. The van der Waals surface area contributed by atoms with Crippen molar-refractivity contribution in [1.82, 2.24) is 15.5 Å². The van der Waals surface area contributed by atoms with Gasteiger partial charge in [-0.2, -0.15) is 4.98 Å². The maximum atomic E-state index is 5.51. The van der Waals surface area contributed by atoms with Gasteiger partial charge in [0.25, 0.3) is 0 Å². The van der Waals surface area contributed by atoms with Gasteiger partial charge in [-0.25, -0.2) is 0 Å². The Balaban J connectivity index is 1.54.